The van der Waals surface area contributed by atoms with Crippen LogP contribution >= 0.6 is 0 Å². The Balaban J connectivity index is 1.12. The lowest BCUT2D eigenvalue weighted by Crippen LogP contribution is -2.41. The van der Waals surface area contributed by atoms with Crippen LogP contribution < -0.4 is 14.8 Å². The Morgan fingerprint density at radius 3 is 2.45 bits per heavy atom. The van der Waals surface area contributed by atoms with Crippen LogP contribution in [0.25, 0.3) is 0 Å². The molecule has 2 N–H and O–H groups in total. The summed E-state index contributed by atoms with van der Waals surface area (Å²) in [7, 11) is 1.66. The molecule has 4 heterocycles. The number of fused-ring (bicyclic) bond motifs is 5. The molecule has 4 saturated heterocycles. The minimum Gasteiger partial charge on any atom is -0.493 e. The predicted molar refractivity (Wildman–Crippen MR) is 117 cm³/mol. The maximum absolute atomic E-state index is 13.3. The van der Waals surface area contributed by atoms with Crippen LogP contribution in [-0.4, -0.2) is 85.7 Å². The van der Waals surface area contributed by atoms with E-state index in [1.165, 1.54) is 31.5 Å². The zero-order valence-electron chi connectivity index (χ0n) is 18.5. The van der Waals surface area contributed by atoms with Gasteiger partial charge in [-0.3, -0.25) is 4.90 Å². The fourth-order valence-corrected chi connectivity index (χ4v) is 6.21. The van der Waals surface area contributed by atoms with Crippen molar-refractivity contribution in [2.75, 3.05) is 46.4 Å². The summed E-state index contributed by atoms with van der Waals surface area (Å²) in [4.78, 5) is 4.69. The van der Waals surface area contributed by atoms with Crippen LogP contribution in [0.2, 0.25) is 0 Å². The van der Waals surface area contributed by atoms with E-state index in [1.54, 1.807) is 7.11 Å². The number of likely N-dealkylation sites (tertiary alicyclic amines) is 2. The van der Waals surface area contributed by atoms with Gasteiger partial charge in [0, 0.05) is 51.4 Å². The Hall–Kier alpha value is -1.41. The van der Waals surface area contributed by atoms with Gasteiger partial charge in [-0.05, 0) is 55.2 Å². The van der Waals surface area contributed by atoms with E-state index < -0.39 is 12.3 Å². The molecule has 4 fully saturated rings. The number of aliphatic hydroxyl groups is 1. The first kappa shape index (κ1) is 21.4. The molecule has 2 bridgehead atoms. The highest BCUT2D eigenvalue weighted by atomic mass is 19.1. The highest BCUT2D eigenvalue weighted by molar-refractivity contribution is 5.43. The molecule has 0 saturated carbocycles. The minimum atomic E-state index is -0.695. The number of alkyl halides is 1. The lowest BCUT2D eigenvalue weighted by molar-refractivity contribution is 0.0500. The molecule has 0 aromatic heterocycles. The number of β-amino-alcohol motifs (C(OH)–C–C–N with tert-alkyl or cyclic N) is 1. The molecule has 6 nitrogen and oxygen atoms in total. The van der Waals surface area contributed by atoms with E-state index in [4.69, 9.17) is 9.47 Å². The standard InChI is InChI=1S/C24H36FN3O3/c1-30-24-10-16(11-28-13-19-20(14-28)22-4-3-21(19)26-22)2-5-23(24)31-15-18(29)12-27-8-6-17(25)7-9-27/h2,5,10,17-22,26,29H,3-4,6-9,11-15H2,1H3/t18?,19-,20+,21-,22+. The van der Waals surface area contributed by atoms with Gasteiger partial charge >= 0.3 is 0 Å². The van der Waals surface area contributed by atoms with Gasteiger partial charge in [-0.25, -0.2) is 4.39 Å². The molecule has 0 aliphatic carbocycles. The summed E-state index contributed by atoms with van der Waals surface area (Å²) in [6.45, 7) is 5.43. The fraction of sp³-hybridized carbons (Fsp3) is 0.750. The van der Waals surface area contributed by atoms with Crippen LogP contribution in [0.15, 0.2) is 18.2 Å². The first-order valence-electron chi connectivity index (χ1n) is 11.9. The predicted octanol–water partition coefficient (Wildman–Crippen LogP) is 2.05. The Bertz CT molecular complexity index is 740. The van der Waals surface area contributed by atoms with E-state index in [9.17, 15) is 9.50 Å². The van der Waals surface area contributed by atoms with Gasteiger partial charge in [-0.1, -0.05) is 6.07 Å². The van der Waals surface area contributed by atoms with E-state index in [0.29, 0.717) is 44.0 Å². The van der Waals surface area contributed by atoms with E-state index in [1.807, 2.05) is 6.07 Å². The van der Waals surface area contributed by atoms with Gasteiger partial charge in [-0.2, -0.15) is 0 Å². The van der Waals surface area contributed by atoms with E-state index in [2.05, 4.69) is 27.2 Å². The quantitative estimate of drug-likeness (QED) is 0.655. The lowest BCUT2D eigenvalue weighted by Gasteiger charge is -2.30. The summed E-state index contributed by atoms with van der Waals surface area (Å²) in [5.74, 6) is 3.01. The van der Waals surface area contributed by atoms with E-state index >= 15 is 0 Å². The summed E-state index contributed by atoms with van der Waals surface area (Å²) >= 11 is 0. The molecule has 172 valence electrons. The van der Waals surface area contributed by atoms with Crippen molar-refractivity contribution in [1.29, 1.82) is 0 Å². The van der Waals surface area contributed by atoms with Gasteiger partial charge in [0.2, 0.25) is 0 Å². The van der Waals surface area contributed by atoms with Gasteiger partial charge in [-0.15, -0.1) is 0 Å². The van der Waals surface area contributed by atoms with Crippen LogP contribution in [0.4, 0.5) is 4.39 Å². The Kier molecular flexibility index (Phi) is 6.37. The van der Waals surface area contributed by atoms with Gasteiger partial charge in [0.1, 0.15) is 18.9 Å². The first-order chi connectivity index (χ1) is 15.1. The largest absolute Gasteiger partial charge is 0.493 e. The zero-order chi connectivity index (χ0) is 21.4. The maximum atomic E-state index is 13.3. The third-order valence-electron chi connectivity index (χ3n) is 7.79. The number of rotatable bonds is 8. The Morgan fingerprint density at radius 1 is 1.06 bits per heavy atom. The molecule has 0 amide bonds. The molecule has 1 unspecified atom stereocenters. The molecular weight excluding hydrogens is 397 g/mol. The number of nitrogens with one attached hydrogen (secondary N) is 1. The number of aliphatic hydroxyl groups excluding tert-OH is 1. The summed E-state index contributed by atoms with van der Waals surface area (Å²) in [5.41, 5.74) is 1.24. The van der Waals surface area contributed by atoms with Gasteiger partial charge < -0.3 is 24.8 Å². The third kappa shape index (κ3) is 4.70. The molecule has 7 heteroatoms. The molecular formula is C24H36FN3O3. The van der Waals surface area contributed by atoms with E-state index in [-0.39, 0.29) is 6.61 Å². The fourth-order valence-electron chi connectivity index (χ4n) is 6.21. The van der Waals surface area contributed by atoms with Crippen molar-refractivity contribution in [1.82, 2.24) is 15.1 Å². The van der Waals surface area contributed by atoms with Crippen LogP contribution in [0.5, 0.6) is 11.5 Å². The Morgan fingerprint density at radius 2 is 1.77 bits per heavy atom. The van der Waals surface area contributed by atoms with Crippen LogP contribution in [0, 0.1) is 11.8 Å². The molecule has 4 aliphatic rings. The van der Waals surface area contributed by atoms with Crippen molar-refractivity contribution in [2.45, 2.75) is 56.6 Å². The average Bonchev–Trinajstić information content (AvgIpc) is 3.48. The molecule has 5 rings (SSSR count). The van der Waals surface area contributed by atoms with Crippen molar-refractivity contribution < 1.29 is 19.0 Å². The number of halogens is 1. The molecule has 1 aromatic rings. The Labute approximate surface area is 184 Å². The second kappa shape index (κ2) is 9.22. The average molecular weight is 434 g/mol. The third-order valence-corrected chi connectivity index (χ3v) is 7.79. The maximum Gasteiger partial charge on any atom is 0.161 e. The van der Waals surface area contributed by atoms with Crippen molar-refractivity contribution >= 4 is 0 Å². The highest BCUT2D eigenvalue weighted by Crippen LogP contribution is 2.43. The van der Waals surface area contributed by atoms with Gasteiger partial charge in [0.25, 0.3) is 0 Å². The number of ether oxygens (including phenoxy) is 2. The number of benzene rings is 1. The molecule has 5 atom stereocenters. The molecule has 0 radical (unpaired) electrons. The topological polar surface area (TPSA) is 57.2 Å². The minimum absolute atomic E-state index is 0.205. The molecule has 31 heavy (non-hydrogen) atoms. The smallest absolute Gasteiger partial charge is 0.161 e. The normalized spacial score (nSPS) is 32.4. The summed E-state index contributed by atoms with van der Waals surface area (Å²) in [6, 6.07) is 7.60. The van der Waals surface area contributed by atoms with Crippen molar-refractivity contribution in [3.63, 3.8) is 0 Å². The van der Waals surface area contributed by atoms with E-state index in [0.717, 1.165) is 30.5 Å². The number of hydrogen-bond donors (Lipinski definition) is 2. The van der Waals surface area contributed by atoms with Crippen LogP contribution in [-0.2, 0) is 6.54 Å². The molecule has 1 aromatic carbocycles. The van der Waals surface area contributed by atoms with Crippen molar-refractivity contribution in [3.05, 3.63) is 23.8 Å². The zero-order valence-corrected chi connectivity index (χ0v) is 18.5. The summed E-state index contributed by atoms with van der Waals surface area (Å²) < 4.78 is 24.7. The first-order valence-corrected chi connectivity index (χ1v) is 11.9. The van der Waals surface area contributed by atoms with Gasteiger partial charge in [0.15, 0.2) is 11.5 Å². The van der Waals surface area contributed by atoms with Crippen LogP contribution in [0.3, 0.4) is 0 Å². The van der Waals surface area contributed by atoms with Crippen molar-refractivity contribution in [2.24, 2.45) is 11.8 Å². The molecule has 0 spiro atoms. The van der Waals surface area contributed by atoms with Gasteiger partial charge in [0.05, 0.1) is 7.11 Å². The highest BCUT2D eigenvalue weighted by Gasteiger charge is 2.51. The molecule has 4 aliphatic heterocycles. The second-order valence-electron chi connectivity index (χ2n) is 9.90. The monoisotopic (exact) mass is 433 g/mol. The summed E-state index contributed by atoms with van der Waals surface area (Å²) in [6.07, 6.45) is 2.50. The number of piperidine rings is 1. The van der Waals surface area contributed by atoms with Crippen LogP contribution in [0.1, 0.15) is 31.2 Å². The second-order valence-corrected chi connectivity index (χ2v) is 9.90. The number of hydrogen-bond acceptors (Lipinski definition) is 6. The number of nitrogens with zero attached hydrogens (tertiary/aromatic N) is 2. The number of methoxy groups -OCH3 is 1. The summed E-state index contributed by atoms with van der Waals surface area (Å²) in [5, 5.41) is 14.1. The lowest BCUT2D eigenvalue weighted by atomic mass is 9.82. The van der Waals surface area contributed by atoms with Crippen molar-refractivity contribution in [3.8, 4) is 11.5 Å². The SMILES string of the molecule is COc1cc(CN2C[C@@H]3[C@H](C2)[C@@H]2CC[C@H]3N2)ccc1OCC(O)CN1CCC(F)CC1.